The summed E-state index contributed by atoms with van der Waals surface area (Å²) in [7, 11) is 2.57. The van der Waals surface area contributed by atoms with Gasteiger partial charge in [0.1, 0.15) is 17.9 Å². The van der Waals surface area contributed by atoms with Crippen LogP contribution in [0.4, 0.5) is 9.59 Å². The third kappa shape index (κ3) is 8.58. The molecule has 2 aliphatic rings. The number of carbonyl (C=O) groups excluding carboxylic acids is 4. The van der Waals surface area contributed by atoms with Crippen molar-refractivity contribution in [2.75, 3.05) is 27.3 Å². The molecule has 4 atom stereocenters. The van der Waals surface area contributed by atoms with Crippen molar-refractivity contribution in [3.05, 3.63) is 143 Å². The van der Waals surface area contributed by atoms with Crippen LogP contribution < -0.4 is 10.6 Å². The quantitative estimate of drug-likeness (QED) is 0.1000. The first-order valence-corrected chi connectivity index (χ1v) is 20.3. The summed E-state index contributed by atoms with van der Waals surface area (Å²) in [5.74, 6) is 0.330. The molecule has 308 valence electrons. The molecule has 2 saturated heterocycles. The van der Waals surface area contributed by atoms with E-state index in [1.807, 2.05) is 77.7 Å². The molecule has 0 bridgehead atoms. The summed E-state index contributed by atoms with van der Waals surface area (Å²) in [5, 5.41) is 13.2. The first-order valence-electron chi connectivity index (χ1n) is 20.3. The molecule has 60 heavy (non-hydrogen) atoms. The first kappa shape index (κ1) is 39.8. The van der Waals surface area contributed by atoms with E-state index in [9.17, 15) is 19.2 Å². The van der Waals surface area contributed by atoms with Crippen molar-refractivity contribution in [2.45, 2.75) is 62.7 Å². The Balaban J connectivity index is 0.905. The lowest BCUT2D eigenvalue weighted by molar-refractivity contribution is -0.135. The molecule has 4 heterocycles. The van der Waals surface area contributed by atoms with Gasteiger partial charge in [-0.2, -0.15) is 5.10 Å². The van der Waals surface area contributed by atoms with Crippen LogP contribution in [0.25, 0.3) is 22.3 Å². The Kier molecular flexibility index (Phi) is 11.9. The number of likely N-dealkylation sites (tertiary alicyclic amines) is 2. The predicted octanol–water partition coefficient (Wildman–Crippen LogP) is 7.26. The second-order valence-corrected chi connectivity index (χ2v) is 15.2. The highest BCUT2D eigenvalue weighted by molar-refractivity contribution is 5.88. The molecular formula is C46H48N8O6. The van der Waals surface area contributed by atoms with Crippen molar-refractivity contribution in [3.63, 3.8) is 0 Å². The maximum absolute atomic E-state index is 13.9. The Bertz CT molecular complexity index is 2450. The zero-order valence-corrected chi connectivity index (χ0v) is 33.6. The van der Waals surface area contributed by atoms with Gasteiger partial charge in [-0.15, -0.1) is 0 Å². The maximum atomic E-state index is 13.9. The number of hydrogen-bond donors (Lipinski definition) is 4. The molecule has 14 nitrogen and oxygen atoms in total. The van der Waals surface area contributed by atoms with E-state index in [0.717, 1.165) is 77.9 Å². The number of methoxy groups -OCH3 is 2. The highest BCUT2D eigenvalue weighted by Gasteiger charge is 2.38. The molecule has 0 radical (unpaired) electrons. The van der Waals surface area contributed by atoms with Gasteiger partial charge in [-0.05, 0) is 79.0 Å². The minimum atomic E-state index is -0.876. The van der Waals surface area contributed by atoms with Crippen molar-refractivity contribution >= 4 is 35.0 Å². The number of ether oxygens (including phenoxy) is 2. The number of benzene rings is 4. The van der Waals surface area contributed by atoms with E-state index in [2.05, 4.69) is 62.2 Å². The number of H-pyrrole nitrogens is 2. The fourth-order valence-corrected chi connectivity index (χ4v) is 8.40. The molecule has 2 aromatic heterocycles. The first-order chi connectivity index (χ1) is 29.3. The summed E-state index contributed by atoms with van der Waals surface area (Å²) < 4.78 is 9.67. The molecule has 6 aromatic rings. The Morgan fingerprint density at radius 2 is 1.25 bits per heavy atom. The number of aromatic amines is 2. The van der Waals surface area contributed by atoms with Crippen molar-refractivity contribution in [3.8, 4) is 11.3 Å². The minimum Gasteiger partial charge on any atom is -0.453 e. The number of nitrogens with one attached hydrogen (secondary N) is 4. The summed E-state index contributed by atoms with van der Waals surface area (Å²) >= 11 is 0. The van der Waals surface area contributed by atoms with Gasteiger partial charge in [0.15, 0.2) is 0 Å². The third-order valence-electron chi connectivity index (χ3n) is 11.5. The van der Waals surface area contributed by atoms with Crippen molar-refractivity contribution < 1.29 is 28.7 Å². The number of alkyl carbamates (subject to hydrolysis) is 2. The molecule has 8 rings (SSSR count). The fourth-order valence-electron chi connectivity index (χ4n) is 8.40. The highest BCUT2D eigenvalue weighted by atomic mass is 16.5. The summed E-state index contributed by atoms with van der Waals surface area (Å²) in [4.78, 5) is 64.3. The molecule has 14 heteroatoms. The number of carbonyl (C=O) groups is 4. The van der Waals surface area contributed by atoms with Crippen LogP contribution in [0, 0.1) is 0 Å². The zero-order valence-electron chi connectivity index (χ0n) is 33.6. The second kappa shape index (κ2) is 17.9. The van der Waals surface area contributed by atoms with Gasteiger partial charge in [-0.3, -0.25) is 14.7 Å². The number of amides is 4. The molecule has 4 aromatic carbocycles. The molecule has 4 amide bonds. The number of rotatable bonds is 12. The van der Waals surface area contributed by atoms with Gasteiger partial charge in [0, 0.05) is 18.7 Å². The van der Waals surface area contributed by atoms with Crippen molar-refractivity contribution in [1.82, 2.24) is 40.6 Å². The van der Waals surface area contributed by atoms with Gasteiger partial charge in [-0.1, -0.05) is 91.0 Å². The molecule has 2 fully saturated rings. The summed E-state index contributed by atoms with van der Waals surface area (Å²) in [5.41, 5.74) is 8.08. The topological polar surface area (TPSA) is 175 Å². The number of imidazole rings is 1. The van der Waals surface area contributed by atoms with Crippen LogP contribution in [-0.2, 0) is 31.9 Å². The van der Waals surface area contributed by atoms with E-state index in [-0.39, 0.29) is 23.9 Å². The van der Waals surface area contributed by atoms with E-state index < -0.39 is 24.3 Å². The van der Waals surface area contributed by atoms with Gasteiger partial charge in [0.05, 0.1) is 48.7 Å². The maximum Gasteiger partial charge on any atom is 0.407 e. The fraction of sp³-hybridized carbons (Fsp3) is 0.304. The third-order valence-corrected chi connectivity index (χ3v) is 11.5. The molecule has 4 N–H and O–H groups in total. The van der Waals surface area contributed by atoms with Crippen LogP contribution in [0.3, 0.4) is 0 Å². The molecule has 0 saturated carbocycles. The number of hydrogen-bond acceptors (Lipinski definition) is 8. The van der Waals surface area contributed by atoms with Crippen LogP contribution in [0.5, 0.6) is 0 Å². The van der Waals surface area contributed by atoms with Gasteiger partial charge >= 0.3 is 12.2 Å². The normalized spacial score (nSPS) is 17.3. The Morgan fingerprint density at radius 3 is 1.85 bits per heavy atom. The Morgan fingerprint density at radius 1 is 0.700 bits per heavy atom. The van der Waals surface area contributed by atoms with E-state index >= 15 is 0 Å². The molecule has 0 spiro atoms. The van der Waals surface area contributed by atoms with Gasteiger partial charge in [0.2, 0.25) is 5.91 Å². The lowest BCUT2D eigenvalue weighted by Gasteiger charge is -2.28. The van der Waals surface area contributed by atoms with Crippen molar-refractivity contribution in [2.24, 2.45) is 0 Å². The van der Waals surface area contributed by atoms with E-state index in [1.165, 1.54) is 19.8 Å². The Hall–Kier alpha value is -6.96. The molecule has 2 aliphatic heterocycles. The largest absolute Gasteiger partial charge is 0.453 e. The lowest BCUT2D eigenvalue weighted by Crippen LogP contribution is -2.42. The number of nitrogens with zero attached hydrogens (tertiary/aromatic N) is 4. The summed E-state index contributed by atoms with van der Waals surface area (Å²) in [6.45, 7) is 1.13. The molecule has 0 aliphatic carbocycles. The molecular weight excluding hydrogens is 761 g/mol. The van der Waals surface area contributed by atoms with Crippen LogP contribution in [0.2, 0.25) is 0 Å². The lowest BCUT2D eigenvalue weighted by atomic mass is 10.0. The standard InChI is InChI=1S/C46H48N8O6/c1-59-45(57)49-40(32-11-5-3-6-12-32)43(55)53-25-9-15-38(53)37-28-35(51-52-37)31-22-19-29(20-23-31)17-18-30-21-24-34-36(27-30)48-42(47-34)39-16-10-26-54(39)44(56)41(50-46(58)60-2)33-13-7-4-8-14-33/h3-8,11-14,19-24,27-28,38-41H,9-10,15-18,25-26H2,1-2H3,(H,47,48)(H,49,57)(H,50,58)(H,51,52)/t38-,39-,40+,41+/m0/s1. The van der Waals surface area contributed by atoms with Crippen LogP contribution >= 0.6 is 0 Å². The van der Waals surface area contributed by atoms with E-state index in [0.29, 0.717) is 24.2 Å². The van der Waals surface area contributed by atoms with Gasteiger partial charge in [-0.25, -0.2) is 14.6 Å². The average Bonchev–Trinajstić information content (AvgIpc) is 4.13. The zero-order chi connectivity index (χ0) is 41.6. The summed E-state index contributed by atoms with van der Waals surface area (Å²) in [6, 6.07) is 32.8. The number of aromatic nitrogens is 4. The Labute approximate surface area is 347 Å². The monoisotopic (exact) mass is 808 g/mol. The highest BCUT2D eigenvalue weighted by Crippen LogP contribution is 2.36. The van der Waals surface area contributed by atoms with Gasteiger partial charge in [0.25, 0.3) is 5.91 Å². The van der Waals surface area contributed by atoms with Crippen LogP contribution in [-0.4, -0.2) is 81.3 Å². The van der Waals surface area contributed by atoms with E-state index in [4.69, 9.17) is 14.5 Å². The van der Waals surface area contributed by atoms with E-state index in [1.54, 1.807) is 4.90 Å². The second-order valence-electron chi connectivity index (χ2n) is 15.2. The van der Waals surface area contributed by atoms with Crippen LogP contribution in [0.1, 0.15) is 83.6 Å². The predicted molar refractivity (Wildman–Crippen MR) is 224 cm³/mol. The number of aryl methyl sites for hydroxylation is 2. The average molecular weight is 809 g/mol. The van der Waals surface area contributed by atoms with Crippen LogP contribution in [0.15, 0.2) is 109 Å². The smallest absolute Gasteiger partial charge is 0.407 e. The number of fused-ring (bicyclic) bond motifs is 1. The molecule has 0 unspecified atom stereocenters. The summed E-state index contributed by atoms with van der Waals surface area (Å²) in [6.07, 6.45) is 3.52. The van der Waals surface area contributed by atoms with Crippen molar-refractivity contribution in [1.29, 1.82) is 0 Å². The SMILES string of the molecule is COC(=O)N[C@@H](C(=O)N1CCC[C@H]1c1cc(-c2ccc(CCc3ccc4nc([C@@H]5CCCN5C(=O)[C@H](NC(=O)OC)c5ccccc5)[nH]c4c3)cc2)n[nH]1)c1ccccc1. The van der Waals surface area contributed by atoms with Gasteiger partial charge < -0.3 is 34.9 Å². The minimum absolute atomic E-state index is 0.197.